The smallest absolute Gasteiger partial charge is 0.0897 e. The molecule has 2 nitrogen and oxygen atoms in total. The lowest BCUT2D eigenvalue weighted by molar-refractivity contribution is 0.176. The normalized spacial score (nSPS) is 12.7. The third-order valence-corrected chi connectivity index (χ3v) is 4.13. The molecule has 0 fully saturated rings. The summed E-state index contributed by atoms with van der Waals surface area (Å²) in [4.78, 5) is 4.40. The van der Waals surface area contributed by atoms with Gasteiger partial charge >= 0.3 is 0 Å². The maximum atomic E-state index is 10.3. The molecule has 1 N–H and O–H groups in total. The molecule has 1 heterocycles. The zero-order valence-electron chi connectivity index (χ0n) is 11.3. The van der Waals surface area contributed by atoms with Gasteiger partial charge in [0.1, 0.15) is 0 Å². The maximum absolute atomic E-state index is 10.3. The second-order valence-electron chi connectivity index (χ2n) is 4.87. The van der Waals surface area contributed by atoms with E-state index in [2.05, 4.69) is 37.9 Å². The summed E-state index contributed by atoms with van der Waals surface area (Å²) in [6.07, 6.45) is 0.124. The Morgan fingerprint density at radius 2 is 1.78 bits per heavy atom. The van der Waals surface area contributed by atoms with E-state index in [0.717, 1.165) is 21.8 Å². The number of hydrogen-bond acceptors (Lipinski definition) is 3. The second kappa shape index (κ2) is 5.21. The molecule has 1 atom stereocenters. The predicted octanol–water partition coefficient (Wildman–Crippen LogP) is 3.65. The fraction of sp³-hybridized carbons (Fsp3) is 0.400. The largest absolute Gasteiger partial charge is 0.388 e. The molecule has 0 spiro atoms. The SMILES string of the molecule is Cc1nc(CC(O)c2cc(C)c(C)cc2C)cs1. The number of rotatable bonds is 3. The summed E-state index contributed by atoms with van der Waals surface area (Å²) in [7, 11) is 0. The lowest BCUT2D eigenvalue weighted by atomic mass is 9.95. The van der Waals surface area contributed by atoms with Crippen molar-refractivity contribution >= 4 is 11.3 Å². The van der Waals surface area contributed by atoms with Crippen molar-refractivity contribution in [3.63, 3.8) is 0 Å². The Bertz CT molecular complexity index is 560. The Morgan fingerprint density at radius 1 is 1.11 bits per heavy atom. The van der Waals surface area contributed by atoms with E-state index in [4.69, 9.17) is 0 Å². The Labute approximate surface area is 112 Å². The second-order valence-corrected chi connectivity index (χ2v) is 5.93. The summed E-state index contributed by atoms with van der Waals surface area (Å²) in [5, 5.41) is 13.4. The molecule has 0 radical (unpaired) electrons. The minimum Gasteiger partial charge on any atom is -0.388 e. The van der Waals surface area contributed by atoms with Crippen LogP contribution in [0.3, 0.4) is 0 Å². The van der Waals surface area contributed by atoms with Gasteiger partial charge in [-0.3, -0.25) is 0 Å². The number of hydrogen-bond donors (Lipinski definition) is 1. The van der Waals surface area contributed by atoms with Gasteiger partial charge in [-0.25, -0.2) is 4.98 Å². The molecule has 1 unspecified atom stereocenters. The molecule has 0 saturated carbocycles. The van der Waals surface area contributed by atoms with Crippen LogP contribution in [0.15, 0.2) is 17.5 Å². The molecular formula is C15H19NOS. The topological polar surface area (TPSA) is 33.1 Å². The van der Waals surface area contributed by atoms with E-state index in [-0.39, 0.29) is 0 Å². The molecule has 1 aromatic heterocycles. The predicted molar refractivity (Wildman–Crippen MR) is 76.2 cm³/mol. The fourth-order valence-electron chi connectivity index (χ4n) is 2.15. The van der Waals surface area contributed by atoms with Crippen LogP contribution in [0, 0.1) is 27.7 Å². The summed E-state index contributed by atoms with van der Waals surface area (Å²) in [6.45, 7) is 8.22. The van der Waals surface area contributed by atoms with Gasteiger partial charge in [-0.05, 0) is 49.9 Å². The molecule has 2 rings (SSSR count). The molecule has 0 saturated heterocycles. The number of aliphatic hydroxyl groups is 1. The molecular weight excluding hydrogens is 242 g/mol. The number of aliphatic hydroxyl groups excluding tert-OH is 1. The van der Waals surface area contributed by atoms with Crippen molar-refractivity contribution in [3.05, 3.63) is 50.5 Å². The first kappa shape index (κ1) is 13.2. The van der Waals surface area contributed by atoms with Gasteiger partial charge in [-0.1, -0.05) is 12.1 Å². The molecule has 0 aliphatic rings. The number of benzene rings is 1. The van der Waals surface area contributed by atoms with Gasteiger partial charge in [0.05, 0.1) is 16.8 Å². The van der Waals surface area contributed by atoms with Crippen LogP contribution in [0.25, 0.3) is 0 Å². The molecule has 1 aromatic carbocycles. The van der Waals surface area contributed by atoms with Crippen LogP contribution in [0.4, 0.5) is 0 Å². The average molecular weight is 261 g/mol. The lowest BCUT2D eigenvalue weighted by Gasteiger charge is -2.15. The van der Waals surface area contributed by atoms with Crippen LogP contribution >= 0.6 is 11.3 Å². The minimum atomic E-state index is -0.467. The van der Waals surface area contributed by atoms with Crippen LogP contribution in [0.2, 0.25) is 0 Å². The molecule has 0 bridgehead atoms. The highest BCUT2D eigenvalue weighted by molar-refractivity contribution is 7.09. The molecule has 0 aliphatic carbocycles. The van der Waals surface area contributed by atoms with E-state index in [1.165, 1.54) is 11.1 Å². The van der Waals surface area contributed by atoms with Gasteiger partial charge in [0.15, 0.2) is 0 Å². The number of thiazole rings is 1. The maximum Gasteiger partial charge on any atom is 0.0897 e. The fourth-order valence-corrected chi connectivity index (χ4v) is 2.78. The Hall–Kier alpha value is -1.19. The third-order valence-electron chi connectivity index (χ3n) is 3.31. The molecule has 18 heavy (non-hydrogen) atoms. The number of aromatic nitrogens is 1. The van der Waals surface area contributed by atoms with Crippen molar-refractivity contribution < 1.29 is 5.11 Å². The van der Waals surface area contributed by atoms with Gasteiger partial charge in [0, 0.05) is 11.8 Å². The van der Waals surface area contributed by atoms with E-state index in [1.807, 2.05) is 12.3 Å². The third kappa shape index (κ3) is 2.79. The quantitative estimate of drug-likeness (QED) is 0.914. The van der Waals surface area contributed by atoms with Gasteiger partial charge in [0.25, 0.3) is 0 Å². The molecule has 96 valence electrons. The van der Waals surface area contributed by atoms with Gasteiger partial charge in [-0.15, -0.1) is 11.3 Å². The van der Waals surface area contributed by atoms with E-state index < -0.39 is 6.10 Å². The van der Waals surface area contributed by atoms with Crippen molar-refractivity contribution in [3.8, 4) is 0 Å². The zero-order valence-corrected chi connectivity index (χ0v) is 12.1. The molecule has 2 aromatic rings. The van der Waals surface area contributed by atoms with E-state index in [1.54, 1.807) is 11.3 Å². The van der Waals surface area contributed by atoms with Crippen LogP contribution in [0.5, 0.6) is 0 Å². The van der Waals surface area contributed by atoms with Crippen molar-refractivity contribution in [2.75, 3.05) is 0 Å². The summed E-state index contributed by atoms with van der Waals surface area (Å²) < 4.78 is 0. The van der Waals surface area contributed by atoms with Crippen LogP contribution in [-0.2, 0) is 6.42 Å². The highest BCUT2D eigenvalue weighted by Crippen LogP contribution is 2.25. The molecule has 0 amide bonds. The summed E-state index contributed by atoms with van der Waals surface area (Å²) >= 11 is 1.63. The lowest BCUT2D eigenvalue weighted by Crippen LogP contribution is -2.05. The van der Waals surface area contributed by atoms with Gasteiger partial charge < -0.3 is 5.11 Å². The highest BCUT2D eigenvalue weighted by Gasteiger charge is 2.14. The van der Waals surface area contributed by atoms with Crippen LogP contribution in [-0.4, -0.2) is 10.1 Å². The van der Waals surface area contributed by atoms with E-state index >= 15 is 0 Å². The van der Waals surface area contributed by atoms with Crippen molar-refractivity contribution in [2.45, 2.75) is 40.2 Å². The van der Waals surface area contributed by atoms with E-state index in [9.17, 15) is 5.11 Å². The number of nitrogens with zero attached hydrogens (tertiary/aromatic N) is 1. The Kier molecular flexibility index (Phi) is 3.83. The Balaban J connectivity index is 2.23. The first-order valence-corrected chi connectivity index (χ1v) is 7.02. The minimum absolute atomic E-state index is 0.467. The van der Waals surface area contributed by atoms with Crippen molar-refractivity contribution in [1.82, 2.24) is 4.98 Å². The zero-order chi connectivity index (χ0) is 13.3. The highest BCUT2D eigenvalue weighted by atomic mass is 32.1. The molecule has 0 aliphatic heterocycles. The van der Waals surface area contributed by atoms with Gasteiger partial charge in [-0.2, -0.15) is 0 Å². The first-order valence-electron chi connectivity index (χ1n) is 6.14. The average Bonchev–Trinajstić information content (AvgIpc) is 2.69. The monoisotopic (exact) mass is 261 g/mol. The first-order chi connectivity index (χ1) is 8.47. The summed E-state index contributed by atoms with van der Waals surface area (Å²) in [5.41, 5.74) is 5.64. The van der Waals surface area contributed by atoms with Crippen molar-refractivity contribution in [1.29, 1.82) is 0 Å². The standard InChI is InChI=1S/C15H19NOS/c1-9-5-11(3)14(6-10(9)2)15(17)7-13-8-18-12(4)16-13/h5-6,8,15,17H,7H2,1-4H3. The van der Waals surface area contributed by atoms with Crippen LogP contribution < -0.4 is 0 Å². The van der Waals surface area contributed by atoms with Gasteiger partial charge in [0.2, 0.25) is 0 Å². The van der Waals surface area contributed by atoms with Crippen molar-refractivity contribution in [2.24, 2.45) is 0 Å². The molecule has 3 heteroatoms. The summed E-state index contributed by atoms with van der Waals surface area (Å²) in [6, 6.07) is 4.23. The summed E-state index contributed by atoms with van der Waals surface area (Å²) in [5.74, 6) is 0. The number of aryl methyl sites for hydroxylation is 4. The van der Waals surface area contributed by atoms with E-state index in [0.29, 0.717) is 6.42 Å². The Morgan fingerprint density at radius 3 is 2.39 bits per heavy atom. The van der Waals surface area contributed by atoms with Crippen LogP contribution in [0.1, 0.15) is 39.1 Å².